The van der Waals surface area contributed by atoms with Crippen molar-refractivity contribution in [2.75, 3.05) is 6.54 Å². The Labute approximate surface area is 151 Å². The molecule has 3 heterocycles. The van der Waals surface area contributed by atoms with E-state index >= 15 is 0 Å². The summed E-state index contributed by atoms with van der Waals surface area (Å²) in [5.41, 5.74) is 2.68. The summed E-state index contributed by atoms with van der Waals surface area (Å²) in [5.74, 6) is 0.0358. The summed E-state index contributed by atoms with van der Waals surface area (Å²) in [6.45, 7) is 8.49. The number of nitrogens with zero attached hydrogens (tertiary/aromatic N) is 4. The molecule has 0 aliphatic carbocycles. The van der Waals surface area contributed by atoms with Crippen LogP contribution in [-0.4, -0.2) is 38.2 Å². The Morgan fingerprint density at radius 1 is 1.20 bits per heavy atom. The van der Waals surface area contributed by atoms with Gasteiger partial charge in [0.15, 0.2) is 0 Å². The second-order valence-electron chi connectivity index (χ2n) is 6.79. The van der Waals surface area contributed by atoms with Crippen molar-refractivity contribution >= 4 is 17.2 Å². The molecule has 0 bridgehead atoms. The van der Waals surface area contributed by atoms with E-state index in [9.17, 15) is 9.59 Å². The van der Waals surface area contributed by atoms with Crippen LogP contribution >= 0.6 is 11.3 Å². The van der Waals surface area contributed by atoms with Gasteiger partial charge in [0, 0.05) is 19.6 Å². The lowest BCUT2D eigenvalue weighted by molar-refractivity contribution is 0.0639. The molecule has 7 heteroatoms. The minimum absolute atomic E-state index is 0.0358. The Morgan fingerprint density at radius 3 is 2.60 bits per heavy atom. The number of carbonyl (C=O) groups is 1. The Bertz CT molecular complexity index is 884. The summed E-state index contributed by atoms with van der Waals surface area (Å²) in [6.07, 6.45) is 3.26. The van der Waals surface area contributed by atoms with Crippen LogP contribution in [0.15, 0.2) is 4.79 Å². The molecule has 3 rings (SSSR count). The van der Waals surface area contributed by atoms with Gasteiger partial charge in [-0.1, -0.05) is 0 Å². The predicted octanol–water partition coefficient (Wildman–Crippen LogP) is 2.84. The van der Waals surface area contributed by atoms with Gasteiger partial charge in [-0.05, 0) is 52.5 Å². The lowest BCUT2D eigenvalue weighted by Gasteiger charge is -2.33. The number of rotatable bonds is 2. The van der Waals surface area contributed by atoms with Crippen LogP contribution in [0.5, 0.6) is 0 Å². The predicted molar refractivity (Wildman–Crippen MR) is 99.1 cm³/mol. The smallest absolute Gasteiger partial charge is 0.277 e. The van der Waals surface area contributed by atoms with Gasteiger partial charge in [-0.3, -0.25) is 9.59 Å². The zero-order valence-electron chi connectivity index (χ0n) is 15.4. The first-order valence-corrected chi connectivity index (χ1v) is 9.46. The fourth-order valence-electron chi connectivity index (χ4n) is 3.33. The van der Waals surface area contributed by atoms with E-state index < -0.39 is 0 Å². The van der Waals surface area contributed by atoms with Crippen molar-refractivity contribution in [3.63, 3.8) is 0 Å². The molecule has 0 aromatic carbocycles. The molecule has 6 nitrogen and oxygen atoms in total. The standard InChI is InChI=1S/C18H24N4O2S/c1-10-8-6-7-9-22(10)18(24)15-13(4)19-16(25-15)14-11(2)12(3)20-21(5)17(14)23/h10H,6-9H2,1-5H3. The maximum Gasteiger partial charge on any atom is 0.277 e. The topological polar surface area (TPSA) is 68.1 Å². The quantitative estimate of drug-likeness (QED) is 0.826. The van der Waals surface area contributed by atoms with Crippen LogP contribution < -0.4 is 5.56 Å². The lowest BCUT2D eigenvalue weighted by Crippen LogP contribution is -2.41. The van der Waals surface area contributed by atoms with Gasteiger partial charge in [0.2, 0.25) is 0 Å². The van der Waals surface area contributed by atoms with E-state index in [1.807, 2.05) is 25.7 Å². The molecule has 1 fully saturated rings. The van der Waals surface area contributed by atoms with Crippen molar-refractivity contribution in [3.8, 4) is 10.6 Å². The fraction of sp³-hybridized carbons (Fsp3) is 0.556. The summed E-state index contributed by atoms with van der Waals surface area (Å²) >= 11 is 1.32. The number of likely N-dealkylation sites (tertiary alicyclic amines) is 1. The minimum atomic E-state index is -0.179. The molecule has 0 N–H and O–H groups in total. The molecule has 1 saturated heterocycles. The van der Waals surface area contributed by atoms with E-state index in [4.69, 9.17) is 0 Å². The monoisotopic (exact) mass is 360 g/mol. The van der Waals surface area contributed by atoms with Gasteiger partial charge in [0.1, 0.15) is 9.88 Å². The molecule has 1 unspecified atom stereocenters. The summed E-state index contributed by atoms with van der Waals surface area (Å²) in [5, 5.41) is 4.82. The van der Waals surface area contributed by atoms with Crippen molar-refractivity contribution in [2.24, 2.45) is 7.05 Å². The van der Waals surface area contributed by atoms with Gasteiger partial charge in [0.05, 0.1) is 17.0 Å². The first-order chi connectivity index (χ1) is 11.8. The highest BCUT2D eigenvalue weighted by molar-refractivity contribution is 7.17. The molecular formula is C18H24N4O2S. The third-order valence-corrected chi connectivity index (χ3v) is 6.16. The molecule has 1 aliphatic rings. The van der Waals surface area contributed by atoms with E-state index in [1.165, 1.54) is 22.4 Å². The molecule has 1 aliphatic heterocycles. The van der Waals surface area contributed by atoms with Gasteiger partial charge < -0.3 is 4.90 Å². The second kappa shape index (κ2) is 6.71. The molecular weight excluding hydrogens is 336 g/mol. The minimum Gasteiger partial charge on any atom is -0.335 e. The third kappa shape index (κ3) is 3.13. The molecule has 2 aromatic rings. The van der Waals surface area contributed by atoms with Crippen LogP contribution in [0.1, 0.15) is 52.8 Å². The largest absolute Gasteiger partial charge is 0.335 e. The van der Waals surface area contributed by atoms with Crippen molar-refractivity contribution in [1.29, 1.82) is 0 Å². The Morgan fingerprint density at radius 2 is 1.92 bits per heavy atom. The van der Waals surface area contributed by atoms with Crippen LogP contribution in [0.2, 0.25) is 0 Å². The molecule has 0 spiro atoms. The Hall–Kier alpha value is -2.02. The number of piperidine rings is 1. The van der Waals surface area contributed by atoms with Gasteiger partial charge >= 0.3 is 0 Å². The van der Waals surface area contributed by atoms with Gasteiger partial charge in [-0.25, -0.2) is 9.67 Å². The first kappa shape index (κ1) is 17.8. The van der Waals surface area contributed by atoms with E-state index in [0.29, 0.717) is 21.1 Å². The lowest BCUT2D eigenvalue weighted by atomic mass is 10.0. The molecule has 1 amide bonds. The van der Waals surface area contributed by atoms with Crippen molar-refractivity contribution in [1.82, 2.24) is 19.7 Å². The maximum atomic E-state index is 13.0. The summed E-state index contributed by atoms with van der Waals surface area (Å²) in [7, 11) is 1.64. The Balaban J connectivity index is 2.05. The van der Waals surface area contributed by atoms with Crippen LogP contribution in [0, 0.1) is 20.8 Å². The third-order valence-electron chi connectivity index (χ3n) is 4.99. The van der Waals surface area contributed by atoms with E-state index in [1.54, 1.807) is 7.05 Å². The number of carbonyl (C=O) groups excluding carboxylic acids is 1. The van der Waals surface area contributed by atoms with Crippen LogP contribution in [-0.2, 0) is 7.05 Å². The molecule has 1 atom stereocenters. The molecule has 2 aromatic heterocycles. The van der Waals surface area contributed by atoms with Gasteiger partial charge in [0.25, 0.3) is 11.5 Å². The molecule has 25 heavy (non-hydrogen) atoms. The second-order valence-corrected chi connectivity index (χ2v) is 7.79. The molecule has 0 radical (unpaired) electrons. The highest BCUT2D eigenvalue weighted by atomic mass is 32.1. The van der Waals surface area contributed by atoms with Crippen LogP contribution in [0.4, 0.5) is 0 Å². The van der Waals surface area contributed by atoms with Crippen LogP contribution in [0.25, 0.3) is 10.6 Å². The summed E-state index contributed by atoms with van der Waals surface area (Å²) in [4.78, 5) is 32.7. The highest BCUT2D eigenvalue weighted by Gasteiger charge is 2.28. The van der Waals surface area contributed by atoms with Crippen molar-refractivity contribution in [3.05, 3.63) is 32.2 Å². The van der Waals surface area contributed by atoms with Gasteiger partial charge in [-0.2, -0.15) is 5.10 Å². The molecule has 134 valence electrons. The van der Waals surface area contributed by atoms with E-state index in [2.05, 4.69) is 17.0 Å². The number of thiazole rings is 1. The van der Waals surface area contributed by atoms with E-state index in [-0.39, 0.29) is 17.5 Å². The number of aromatic nitrogens is 3. The molecule has 0 saturated carbocycles. The summed E-state index contributed by atoms with van der Waals surface area (Å²) in [6, 6.07) is 0.254. The summed E-state index contributed by atoms with van der Waals surface area (Å²) < 4.78 is 1.34. The van der Waals surface area contributed by atoms with Gasteiger partial charge in [-0.15, -0.1) is 11.3 Å². The van der Waals surface area contributed by atoms with E-state index in [0.717, 1.165) is 30.6 Å². The average Bonchev–Trinajstić information content (AvgIpc) is 2.94. The zero-order chi connectivity index (χ0) is 18.3. The average molecular weight is 360 g/mol. The van der Waals surface area contributed by atoms with Crippen LogP contribution in [0.3, 0.4) is 0 Å². The maximum absolute atomic E-state index is 13.0. The SMILES string of the molecule is Cc1nc(-c2c(C)c(C)nn(C)c2=O)sc1C(=O)N1CCCCC1C. The number of hydrogen-bond donors (Lipinski definition) is 0. The fourth-order valence-corrected chi connectivity index (χ4v) is 4.45. The Kier molecular flexibility index (Phi) is 4.77. The number of amides is 1. The number of aryl methyl sites for hydroxylation is 3. The zero-order valence-corrected chi connectivity index (χ0v) is 16.2. The normalized spacial score (nSPS) is 17.8. The van der Waals surface area contributed by atoms with Crippen molar-refractivity contribution in [2.45, 2.75) is 53.0 Å². The number of hydrogen-bond acceptors (Lipinski definition) is 5. The first-order valence-electron chi connectivity index (χ1n) is 8.64. The highest BCUT2D eigenvalue weighted by Crippen LogP contribution is 2.30. The van der Waals surface area contributed by atoms with Crippen molar-refractivity contribution < 1.29 is 4.79 Å².